The van der Waals surface area contributed by atoms with Crippen LogP contribution in [0.5, 0.6) is 0 Å². The van der Waals surface area contributed by atoms with E-state index in [9.17, 15) is 39.3 Å². The summed E-state index contributed by atoms with van der Waals surface area (Å²) in [5.41, 5.74) is -7.84. The molecule has 0 aliphatic heterocycles. The monoisotopic (exact) mass is 692 g/mol. The Balaban J connectivity index is 1.81. The highest BCUT2D eigenvalue weighted by atomic mass is 16.6. The highest BCUT2D eigenvalue weighted by Crippen LogP contribution is 2.67. The zero-order chi connectivity index (χ0) is 37.0. The van der Waals surface area contributed by atoms with Gasteiger partial charge in [0.15, 0.2) is 11.4 Å². The van der Waals surface area contributed by atoms with Crippen molar-refractivity contribution in [3.05, 3.63) is 84.4 Å². The number of fused-ring (bicyclic) bond motifs is 3. The molecule has 0 spiro atoms. The Morgan fingerprint density at radius 1 is 0.780 bits per heavy atom. The number of Topliss-reactive ketones (excluding diaryl/α,β-unsaturated/α-hetero) is 1. The molecular weight excluding hydrogens is 648 g/mol. The minimum absolute atomic E-state index is 0.121. The molecule has 0 amide bonds. The molecule has 3 aliphatic rings. The molecule has 3 aliphatic carbocycles. The molecule has 0 saturated heterocycles. The van der Waals surface area contributed by atoms with Crippen molar-refractivity contribution in [1.82, 2.24) is 0 Å². The van der Waals surface area contributed by atoms with Crippen molar-refractivity contribution in [2.75, 3.05) is 0 Å². The van der Waals surface area contributed by atoms with Crippen molar-refractivity contribution >= 4 is 29.7 Å². The number of esters is 4. The van der Waals surface area contributed by atoms with Crippen LogP contribution >= 0.6 is 0 Å². The number of hydrogen-bond acceptors (Lipinski definition) is 12. The minimum atomic E-state index is -2.76. The number of benzene rings is 2. The van der Waals surface area contributed by atoms with Gasteiger partial charge < -0.3 is 34.3 Å². The van der Waals surface area contributed by atoms with Gasteiger partial charge in [-0.25, -0.2) is 9.59 Å². The summed E-state index contributed by atoms with van der Waals surface area (Å²) in [5, 5.41) is 36.9. The molecule has 5 rings (SSSR count). The summed E-state index contributed by atoms with van der Waals surface area (Å²) in [5.74, 6) is -8.27. The van der Waals surface area contributed by atoms with Crippen LogP contribution in [-0.2, 0) is 33.3 Å². The van der Waals surface area contributed by atoms with E-state index in [4.69, 9.17) is 18.9 Å². The molecule has 12 heteroatoms. The molecule has 3 N–H and O–H groups in total. The molecule has 0 unspecified atom stereocenters. The summed E-state index contributed by atoms with van der Waals surface area (Å²) >= 11 is 0. The summed E-state index contributed by atoms with van der Waals surface area (Å²) < 4.78 is 23.7. The van der Waals surface area contributed by atoms with E-state index in [0.29, 0.717) is 0 Å². The van der Waals surface area contributed by atoms with Gasteiger partial charge in [-0.2, -0.15) is 0 Å². The first kappa shape index (κ1) is 36.9. The molecule has 268 valence electrons. The normalized spacial score (nSPS) is 37.3. The molecule has 12 nitrogen and oxygen atoms in total. The number of aliphatic hydroxyl groups excluding tert-OH is 1. The van der Waals surface area contributed by atoms with Crippen LogP contribution in [-0.4, -0.2) is 86.7 Å². The van der Waals surface area contributed by atoms with Crippen molar-refractivity contribution in [3.63, 3.8) is 0 Å². The van der Waals surface area contributed by atoms with Gasteiger partial charge in [0.05, 0.1) is 17.0 Å². The minimum Gasteiger partial charge on any atom is -0.459 e. The van der Waals surface area contributed by atoms with Crippen LogP contribution in [0.1, 0.15) is 68.7 Å². The third-order valence-electron chi connectivity index (χ3n) is 11.2. The Kier molecular flexibility index (Phi) is 9.63. The number of aliphatic hydroxyl groups is 3. The van der Waals surface area contributed by atoms with E-state index in [0.717, 1.165) is 13.8 Å². The maximum absolute atomic E-state index is 14.6. The Hall–Kier alpha value is -4.39. The largest absolute Gasteiger partial charge is 0.459 e. The highest BCUT2D eigenvalue weighted by Gasteiger charge is 2.80. The van der Waals surface area contributed by atoms with Gasteiger partial charge in [0, 0.05) is 30.6 Å². The van der Waals surface area contributed by atoms with Gasteiger partial charge in [-0.1, -0.05) is 63.2 Å². The van der Waals surface area contributed by atoms with E-state index in [1.807, 2.05) is 0 Å². The maximum Gasteiger partial charge on any atom is 0.338 e. The van der Waals surface area contributed by atoms with Crippen LogP contribution in [0.4, 0.5) is 0 Å². The van der Waals surface area contributed by atoms with Gasteiger partial charge in [-0.15, -0.1) is 6.58 Å². The van der Waals surface area contributed by atoms with Gasteiger partial charge in [0.1, 0.15) is 36.1 Å². The van der Waals surface area contributed by atoms with Crippen LogP contribution in [0.25, 0.3) is 0 Å². The second kappa shape index (κ2) is 13.1. The fourth-order valence-electron chi connectivity index (χ4n) is 9.12. The van der Waals surface area contributed by atoms with Gasteiger partial charge in [-0.05, 0) is 43.5 Å². The van der Waals surface area contributed by atoms with Crippen LogP contribution in [0.2, 0.25) is 0 Å². The molecule has 50 heavy (non-hydrogen) atoms. The van der Waals surface area contributed by atoms with Gasteiger partial charge >= 0.3 is 23.9 Å². The fourth-order valence-corrected chi connectivity index (χ4v) is 9.12. The Morgan fingerprint density at radius 3 is 1.76 bits per heavy atom. The first-order valence-corrected chi connectivity index (χ1v) is 16.5. The zero-order valence-electron chi connectivity index (χ0n) is 28.9. The quantitative estimate of drug-likeness (QED) is 0.219. The predicted octanol–water partition coefficient (Wildman–Crippen LogP) is 3.21. The van der Waals surface area contributed by atoms with Crippen LogP contribution in [0, 0.1) is 28.6 Å². The molecule has 0 heterocycles. The van der Waals surface area contributed by atoms with E-state index in [1.54, 1.807) is 57.2 Å². The lowest BCUT2D eigenvalue weighted by atomic mass is 9.38. The molecular formula is C38H44O12. The predicted molar refractivity (Wildman–Crippen MR) is 176 cm³/mol. The van der Waals surface area contributed by atoms with Crippen LogP contribution < -0.4 is 0 Å². The number of rotatable bonds is 7. The standard InChI is InChI=1S/C38H44O12/c1-8-24-28(49-32(42)22-15-11-9-12-16-22)29-36(6)25(19-26(47-20(2)39)38(29,46)34(44)37(24,7)45)35(4,5)30(48-21(3)40)27(41)31(36)50-33(43)23-17-13-10-14-18-23/h8-18,24-31,41,45-46H,1,19H2,2-7H3/t24-,25-,26+,27-,28+,29+,30+,31-,36-,37-,38-/m0/s1. The highest BCUT2D eigenvalue weighted by molar-refractivity contribution is 5.98. The van der Waals surface area contributed by atoms with E-state index in [1.165, 1.54) is 37.3 Å². The van der Waals surface area contributed by atoms with Gasteiger partial charge in [0.2, 0.25) is 0 Å². The molecule has 3 saturated carbocycles. The van der Waals surface area contributed by atoms with Crippen LogP contribution in [0.15, 0.2) is 73.3 Å². The van der Waals surface area contributed by atoms with E-state index in [-0.39, 0.29) is 17.5 Å². The molecule has 3 fully saturated rings. The molecule has 0 radical (unpaired) electrons. The lowest BCUT2D eigenvalue weighted by Gasteiger charge is -2.69. The summed E-state index contributed by atoms with van der Waals surface area (Å²) in [6.45, 7) is 12.2. The van der Waals surface area contributed by atoms with E-state index in [2.05, 4.69) is 6.58 Å². The van der Waals surface area contributed by atoms with Gasteiger partial charge in [0.25, 0.3) is 0 Å². The topological polar surface area (TPSA) is 183 Å². The first-order valence-electron chi connectivity index (χ1n) is 16.5. The Morgan fingerprint density at radius 2 is 1.28 bits per heavy atom. The summed E-state index contributed by atoms with van der Waals surface area (Å²) in [4.78, 5) is 67.2. The number of carbonyl (C=O) groups is 5. The SMILES string of the molecule is C=C[C@H]1[C@@H](OC(=O)c2ccccc2)[C@H]2[C@](O)(C(=O)[C@@]1(C)O)[C@H](OC(C)=O)C[C@H]1C(C)(C)[C@H](OC(C)=O)[C@H](O)[C@H](OC(=O)c3ccccc3)[C@@]12C. The number of ether oxygens (including phenoxy) is 4. The maximum atomic E-state index is 14.6. The average Bonchev–Trinajstić information content (AvgIpc) is 3.06. The number of ketones is 1. The zero-order valence-corrected chi connectivity index (χ0v) is 28.9. The Bertz CT molecular complexity index is 1670. The second-order valence-electron chi connectivity index (χ2n) is 14.6. The van der Waals surface area contributed by atoms with Crippen LogP contribution in [0.3, 0.4) is 0 Å². The Labute approximate surface area is 290 Å². The van der Waals surface area contributed by atoms with Crippen molar-refractivity contribution < 1.29 is 58.2 Å². The summed E-state index contributed by atoms with van der Waals surface area (Å²) in [6.07, 6.45) is -6.86. The third kappa shape index (κ3) is 5.72. The molecule has 2 aromatic carbocycles. The molecule has 0 aromatic heterocycles. The summed E-state index contributed by atoms with van der Waals surface area (Å²) in [6, 6.07) is 15.8. The number of carbonyl (C=O) groups excluding carboxylic acids is 5. The summed E-state index contributed by atoms with van der Waals surface area (Å²) in [7, 11) is 0. The lowest BCUT2D eigenvalue weighted by Crippen LogP contribution is -2.83. The van der Waals surface area contributed by atoms with E-state index >= 15 is 0 Å². The molecule has 11 atom stereocenters. The van der Waals surface area contributed by atoms with Crippen molar-refractivity contribution in [2.24, 2.45) is 28.6 Å². The first-order chi connectivity index (χ1) is 23.3. The molecule has 0 bridgehead atoms. The lowest BCUT2D eigenvalue weighted by molar-refractivity contribution is -0.320. The van der Waals surface area contributed by atoms with Crippen molar-refractivity contribution in [2.45, 2.75) is 89.7 Å². The van der Waals surface area contributed by atoms with E-state index < -0.39 is 100.0 Å². The van der Waals surface area contributed by atoms with Crippen molar-refractivity contribution in [1.29, 1.82) is 0 Å². The van der Waals surface area contributed by atoms with Gasteiger partial charge in [-0.3, -0.25) is 14.4 Å². The molecule has 2 aromatic rings. The fraction of sp³-hybridized carbons (Fsp3) is 0.500. The average molecular weight is 693 g/mol. The number of hydrogen-bond donors (Lipinski definition) is 3. The third-order valence-corrected chi connectivity index (χ3v) is 11.2. The van der Waals surface area contributed by atoms with Crippen molar-refractivity contribution in [3.8, 4) is 0 Å². The smallest absolute Gasteiger partial charge is 0.338 e. The second-order valence-corrected chi connectivity index (χ2v) is 14.6.